The summed E-state index contributed by atoms with van der Waals surface area (Å²) < 4.78 is 10.1. The molecule has 0 radical (unpaired) electrons. The van der Waals surface area contributed by atoms with Crippen LogP contribution in [0.3, 0.4) is 0 Å². The maximum absolute atomic E-state index is 11.1. The molecule has 0 aliphatic carbocycles. The second-order valence-corrected chi connectivity index (χ2v) is 3.12. The molecule has 0 aromatic rings. The van der Waals surface area contributed by atoms with Crippen molar-refractivity contribution in [3.63, 3.8) is 0 Å². The third-order valence-corrected chi connectivity index (χ3v) is 2.14. The maximum atomic E-state index is 11.1. The largest absolute Gasteiger partial charge is 0.348 e. The first-order valence-corrected chi connectivity index (χ1v) is 4.37. The summed E-state index contributed by atoms with van der Waals surface area (Å²) >= 11 is 0. The van der Waals surface area contributed by atoms with Gasteiger partial charge in [-0.25, -0.2) is 0 Å². The molecule has 12 heavy (non-hydrogen) atoms. The van der Waals surface area contributed by atoms with Crippen molar-refractivity contribution in [2.24, 2.45) is 0 Å². The Labute approximate surface area is 71.4 Å². The maximum Gasteiger partial charge on any atom is 0.222 e. The molecule has 0 spiro atoms. The van der Waals surface area contributed by atoms with Gasteiger partial charge in [-0.3, -0.25) is 4.79 Å². The van der Waals surface area contributed by atoms with E-state index in [1.807, 2.05) is 4.90 Å². The standard InChI is InChI=1S/C8H13NO3/c10-7-2-1-3-9(7)4-5-11-8-6-12-8/h8H,1-6H2. The number of hydrogen-bond donors (Lipinski definition) is 0. The van der Waals surface area contributed by atoms with Gasteiger partial charge in [-0.2, -0.15) is 0 Å². The van der Waals surface area contributed by atoms with Gasteiger partial charge in [-0.05, 0) is 6.42 Å². The minimum Gasteiger partial charge on any atom is -0.348 e. The van der Waals surface area contributed by atoms with Gasteiger partial charge in [0.15, 0.2) is 6.29 Å². The lowest BCUT2D eigenvalue weighted by molar-refractivity contribution is -0.128. The summed E-state index contributed by atoms with van der Waals surface area (Å²) in [7, 11) is 0. The van der Waals surface area contributed by atoms with E-state index in [9.17, 15) is 4.79 Å². The third kappa shape index (κ3) is 1.95. The Morgan fingerprint density at radius 1 is 1.67 bits per heavy atom. The predicted molar refractivity (Wildman–Crippen MR) is 41.5 cm³/mol. The average Bonchev–Trinajstić information content (AvgIpc) is 2.78. The van der Waals surface area contributed by atoms with Crippen LogP contribution in [0.5, 0.6) is 0 Å². The van der Waals surface area contributed by atoms with E-state index in [1.165, 1.54) is 0 Å². The molecule has 2 heterocycles. The summed E-state index contributed by atoms with van der Waals surface area (Å²) in [5.74, 6) is 0.260. The summed E-state index contributed by atoms with van der Waals surface area (Å²) in [4.78, 5) is 13.0. The first kappa shape index (κ1) is 8.01. The van der Waals surface area contributed by atoms with E-state index in [0.29, 0.717) is 19.6 Å². The van der Waals surface area contributed by atoms with E-state index >= 15 is 0 Å². The molecule has 0 N–H and O–H groups in total. The first-order chi connectivity index (χ1) is 5.86. The van der Waals surface area contributed by atoms with Crippen molar-refractivity contribution < 1.29 is 14.3 Å². The molecule has 2 saturated heterocycles. The summed E-state index contributed by atoms with van der Waals surface area (Å²) in [5, 5.41) is 0. The molecule has 1 atom stereocenters. The van der Waals surface area contributed by atoms with Gasteiger partial charge in [-0.15, -0.1) is 0 Å². The second-order valence-electron chi connectivity index (χ2n) is 3.12. The van der Waals surface area contributed by atoms with Crippen LogP contribution in [0.2, 0.25) is 0 Å². The minimum absolute atomic E-state index is 0.0164. The lowest BCUT2D eigenvalue weighted by Gasteiger charge is -2.14. The number of hydrogen-bond acceptors (Lipinski definition) is 3. The van der Waals surface area contributed by atoms with Crippen molar-refractivity contribution in [1.82, 2.24) is 4.90 Å². The lowest BCUT2D eigenvalue weighted by atomic mass is 10.4. The molecule has 0 saturated carbocycles. The van der Waals surface area contributed by atoms with Crippen molar-refractivity contribution in [1.29, 1.82) is 0 Å². The van der Waals surface area contributed by atoms with Gasteiger partial charge in [0.1, 0.15) is 6.61 Å². The van der Waals surface area contributed by atoms with Crippen LogP contribution >= 0.6 is 0 Å². The SMILES string of the molecule is O=C1CCCN1CCOC1CO1. The molecule has 68 valence electrons. The molecule has 1 amide bonds. The van der Waals surface area contributed by atoms with Crippen LogP contribution in [0.4, 0.5) is 0 Å². The smallest absolute Gasteiger partial charge is 0.222 e. The highest BCUT2D eigenvalue weighted by molar-refractivity contribution is 5.77. The van der Waals surface area contributed by atoms with Gasteiger partial charge >= 0.3 is 0 Å². The van der Waals surface area contributed by atoms with Gasteiger partial charge in [0.25, 0.3) is 0 Å². The molecule has 2 aliphatic heterocycles. The van der Waals surface area contributed by atoms with Crippen LogP contribution in [-0.4, -0.2) is 43.4 Å². The van der Waals surface area contributed by atoms with Crippen LogP contribution < -0.4 is 0 Å². The highest BCUT2D eigenvalue weighted by Crippen LogP contribution is 2.12. The highest BCUT2D eigenvalue weighted by Gasteiger charge is 2.24. The number of epoxide rings is 1. The van der Waals surface area contributed by atoms with Crippen molar-refractivity contribution in [2.75, 3.05) is 26.3 Å². The van der Waals surface area contributed by atoms with Crippen molar-refractivity contribution in [3.05, 3.63) is 0 Å². The van der Waals surface area contributed by atoms with Gasteiger partial charge in [-0.1, -0.05) is 0 Å². The number of ether oxygens (including phenoxy) is 2. The van der Waals surface area contributed by atoms with E-state index in [-0.39, 0.29) is 12.2 Å². The fourth-order valence-corrected chi connectivity index (χ4v) is 1.37. The van der Waals surface area contributed by atoms with Gasteiger partial charge in [0.2, 0.25) is 5.91 Å². The molecular formula is C8H13NO3. The molecule has 4 nitrogen and oxygen atoms in total. The quantitative estimate of drug-likeness (QED) is 0.558. The monoisotopic (exact) mass is 171 g/mol. The van der Waals surface area contributed by atoms with Crippen LogP contribution in [0, 0.1) is 0 Å². The highest BCUT2D eigenvalue weighted by atomic mass is 16.8. The molecule has 0 bridgehead atoms. The zero-order valence-corrected chi connectivity index (χ0v) is 6.99. The first-order valence-electron chi connectivity index (χ1n) is 4.37. The minimum atomic E-state index is 0.0164. The van der Waals surface area contributed by atoms with Crippen molar-refractivity contribution in [2.45, 2.75) is 19.1 Å². The Morgan fingerprint density at radius 2 is 2.50 bits per heavy atom. The van der Waals surface area contributed by atoms with E-state index in [0.717, 1.165) is 19.5 Å². The second kappa shape index (κ2) is 3.41. The number of amides is 1. The van der Waals surface area contributed by atoms with E-state index in [4.69, 9.17) is 9.47 Å². The van der Waals surface area contributed by atoms with E-state index < -0.39 is 0 Å². The van der Waals surface area contributed by atoms with Crippen LogP contribution in [0.1, 0.15) is 12.8 Å². The fraction of sp³-hybridized carbons (Fsp3) is 0.875. The number of likely N-dealkylation sites (tertiary alicyclic amines) is 1. The topological polar surface area (TPSA) is 42.1 Å². The number of nitrogens with zero attached hydrogens (tertiary/aromatic N) is 1. The summed E-state index contributed by atoms with van der Waals surface area (Å²) in [6.45, 7) is 2.94. The zero-order chi connectivity index (χ0) is 8.39. The molecule has 0 aromatic carbocycles. The molecule has 2 fully saturated rings. The fourth-order valence-electron chi connectivity index (χ4n) is 1.37. The van der Waals surface area contributed by atoms with Gasteiger partial charge in [0.05, 0.1) is 6.61 Å². The number of rotatable bonds is 4. The third-order valence-electron chi connectivity index (χ3n) is 2.14. The van der Waals surface area contributed by atoms with E-state index in [1.54, 1.807) is 0 Å². The molecular weight excluding hydrogens is 158 g/mol. The molecule has 0 aromatic heterocycles. The molecule has 1 unspecified atom stereocenters. The normalized spacial score (nSPS) is 28.2. The number of carbonyl (C=O) groups is 1. The predicted octanol–water partition coefficient (Wildman–Crippen LogP) is -0.0183. The van der Waals surface area contributed by atoms with Crippen LogP contribution in [-0.2, 0) is 14.3 Å². The molecule has 2 rings (SSSR count). The average molecular weight is 171 g/mol. The van der Waals surface area contributed by atoms with Crippen LogP contribution in [0.25, 0.3) is 0 Å². The van der Waals surface area contributed by atoms with Gasteiger partial charge < -0.3 is 14.4 Å². The van der Waals surface area contributed by atoms with Crippen molar-refractivity contribution >= 4 is 5.91 Å². The Kier molecular flexibility index (Phi) is 2.28. The lowest BCUT2D eigenvalue weighted by Crippen LogP contribution is -2.28. The molecule has 2 aliphatic rings. The van der Waals surface area contributed by atoms with Crippen molar-refractivity contribution in [3.8, 4) is 0 Å². The van der Waals surface area contributed by atoms with E-state index in [2.05, 4.69) is 0 Å². The summed E-state index contributed by atoms with van der Waals surface area (Å²) in [5.41, 5.74) is 0. The van der Waals surface area contributed by atoms with Crippen LogP contribution in [0.15, 0.2) is 0 Å². The van der Waals surface area contributed by atoms with Gasteiger partial charge in [0, 0.05) is 19.5 Å². The summed E-state index contributed by atoms with van der Waals surface area (Å²) in [6, 6.07) is 0. The Balaban J connectivity index is 1.61. The Bertz CT molecular complexity index is 179. The summed E-state index contributed by atoms with van der Waals surface area (Å²) in [6.07, 6.45) is 1.72. The Morgan fingerprint density at radius 3 is 3.08 bits per heavy atom. The zero-order valence-electron chi connectivity index (χ0n) is 6.99. The molecule has 4 heteroatoms. The Hall–Kier alpha value is -0.610. The number of carbonyl (C=O) groups excluding carboxylic acids is 1.